The summed E-state index contributed by atoms with van der Waals surface area (Å²) in [5.74, 6) is 0.232. The van der Waals surface area contributed by atoms with E-state index < -0.39 is 0 Å². The summed E-state index contributed by atoms with van der Waals surface area (Å²) in [4.78, 5) is 13.6. The van der Waals surface area contributed by atoms with Crippen LogP contribution in [0.3, 0.4) is 0 Å². The third-order valence-electron chi connectivity index (χ3n) is 2.26. The van der Waals surface area contributed by atoms with E-state index in [1.54, 1.807) is 0 Å². The zero-order chi connectivity index (χ0) is 9.19. The lowest BCUT2D eigenvalue weighted by Crippen LogP contribution is -2.61. The number of nitrogens with one attached hydrogen (secondary N) is 1. The van der Waals surface area contributed by atoms with Crippen molar-refractivity contribution in [1.29, 1.82) is 0 Å². The fourth-order valence-corrected chi connectivity index (χ4v) is 1.56. The van der Waals surface area contributed by atoms with E-state index in [4.69, 9.17) is 0 Å². The predicted octanol–water partition coefficient (Wildman–Crippen LogP) is 1.03. The second kappa shape index (κ2) is 4.82. The van der Waals surface area contributed by atoms with E-state index in [-0.39, 0.29) is 23.9 Å². The molecule has 0 bridgehead atoms. The van der Waals surface area contributed by atoms with Gasteiger partial charge >= 0.3 is 0 Å². The standard InChI is InChI=1S/C9H18N2O.ClH/c1-4-6-11-7-5-10-9(2,3)8(11)12;/h10H,4-7H2,1-3H3;1H. The molecule has 78 valence electrons. The number of carbonyl (C=O) groups excluding carboxylic acids is 1. The summed E-state index contributed by atoms with van der Waals surface area (Å²) in [5, 5.41) is 3.21. The van der Waals surface area contributed by atoms with Gasteiger partial charge in [0, 0.05) is 19.6 Å². The van der Waals surface area contributed by atoms with Crippen molar-refractivity contribution in [3.05, 3.63) is 0 Å². The van der Waals surface area contributed by atoms with Gasteiger partial charge in [-0.3, -0.25) is 4.79 Å². The lowest BCUT2D eigenvalue weighted by atomic mass is 10.0. The summed E-state index contributed by atoms with van der Waals surface area (Å²) >= 11 is 0. The number of hydrogen-bond acceptors (Lipinski definition) is 2. The smallest absolute Gasteiger partial charge is 0.242 e. The molecule has 0 aliphatic carbocycles. The van der Waals surface area contributed by atoms with E-state index in [1.165, 1.54) is 0 Å². The highest BCUT2D eigenvalue weighted by atomic mass is 35.5. The molecule has 0 unspecified atom stereocenters. The maximum atomic E-state index is 11.7. The fraction of sp³-hybridized carbons (Fsp3) is 0.889. The monoisotopic (exact) mass is 206 g/mol. The number of carbonyl (C=O) groups is 1. The molecule has 1 aliphatic heterocycles. The van der Waals surface area contributed by atoms with E-state index in [2.05, 4.69) is 12.2 Å². The van der Waals surface area contributed by atoms with Gasteiger partial charge < -0.3 is 10.2 Å². The Balaban J connectivity index is 0.00000144. The Bertz CT molecular complexity index is 180. The van der Waals surface area contributed by atoms with Gasteiger partial charge in [-0.05, 0) is 20.3 Å². The molecule has 4 heteroatoms. The number of nitrogens with zero attached hydrogens (tertiary/aromatic N) is 1. The second-order valence-electron chi connectivity index (χ2n) is 3.84. The van der Waals surface area contributed by atoms with Gasteiger partial charge in [-0.25, -0.2) is 0 Å². The highest BCUT2D eigenvalue weighted by Crippen LogP contribution is 2.12. The van der Waals surface area contributed by atoms with Gasteiger partial charge in [0.1, 0.15) is 0 Å². The zero-order valence-electron chi connectivity index (χ0n) is 8.59. The van der Waals surface area contributed by atoms with Crippen LogP contribution in [0.4, 0.5) is 0 Å². The van der Waals surface area contributed by atoms with Crippen LogP contribution in [-0.2, 0) is 4.79 Å². The van der Waals surface area contributed by atoms with E-state index in [1.807, 2.05) is 18.7 Å². The number of rotatable bonds is 2. The van der Waals surface area contributed by atoms with Crippen LogP contribution in [0.25, 0.3) is 0 Å². The van der Waals surface area contributed by atoms with Crippen LogP contribution in [0.1, 0.15) is 27.2 Å². The van der Waals surface area contributed by atoms with Gasteiger partial charge in [0.15, 0.2) is 0 Å². The molecule has 1 amide bonds. The molecule has 1 fully saturated rings. The molecule has 1 heterocycles. The molecule has 3 nitrogen and oxygen atoms in total. The zero-order valence-corrected chi connectivity index (χ0v) is 9.41. The summed E-state index contributed by atoms with van der Waals surface area (Å²) in [6, 6.07) is 0. The third-order valence-corrected chi connectivity index (χ3v) is 2.26. The van der Waals surface area contributed by atoms with Crippen LogP contribution < -0.4 is 5.32 Å². The molecule has 0 atom stereocenters. The Morgan fingerprint density at radius 3 is 2.69 bits per heavy atom. The molecule has 0 aromatic rings. The molecular weight excluding hydrogens is 188 g/mol. The first-order valence-corrected chi connectivity index (χ1v) is 4.62. The van der Waals surface area contributed by atoms with E-state index in [9.17, 15) is 4.79 Å². The topological polar surface area (TPSA) is 32.3 Å². The first kappa shape index (κ1) is 12.7. The first-order chi connectivity index (χ1) is 5.58. The Morgan fingerprint density at radius 1 is 1.54 bits per heavy atom. The van der Waals surface area contributed by atoms with Crippen LogP contribution >= 0.6 is 12.4 Å². The van der Waals surface area contributed by atoms with E-state index in [0.717, 1.165) is 26.1 Å². The van der Waals surface area contributed by atoms with Crippen LogP contribution in [-0.4, -0.2) is 36.0 Å². The number of hydrogen-bond donors (Lipinski definition) is 1. The average molecular weight is 207 g/mol. The highest BCUT2D eigenvalue weighted by molar-refractivity contribution is 5.86. The molecule has 0 spiro atoms. The van der Waals surface area contributed by atoms with E-state index >= 15 is 0 Å². The van der Waals surface area contributed by atoms with Gasteiger partial charge in [-0.1, -0.05) is 6.92 Å². The van der Waals surface area contributed by atoms with Gasteiger partial charge in [0.2, 0.25) is 5.91 Å². The number of piperazine rings is 1. The summed E-state index contributed by atoms with van der Waals surface area (Å²) in [7, 11) is 0. The van der Waals surface area contributed by atoms with Crippen molar-refractivity contribution < 1.29 is 4.79 Å². The second-order valence-corrected chi connectivity index (χ2v) is 3.84. The fourth-order valence-electron chi connectivity index (χ4n) is 1.56. The Morgan fingerprint density at radius 2 is 2.15 bits per heavy atom. The van der Waals surface area contributed by atoms with Crippen molar-refractivity contribution in [2.24, 2.45) is 0 Å². The molecule has 0 radical (unpaired) electrons. The van der Waals surface area contributed by atoms with Crippen molar-refractivity contribution in [1.82, 2.24) is 10.2 Å². The quantitative estimate of drug-likeness (QED) is 0.732. The molecule has 0 aromatic carbocycles. The van der Waals surface area contributed by atoms with Gasteiger partial charge in [0.05, 0.1) is 5.54 Å². The molecular formula is C9H19ClN2O. The molecule has 13 heavy (non-hydrogen) atoms. The predicted molar refractivity (Wildman–Crippen MR) is 56.2 cm³/mol. The van der Waals surface area contributed by atoms with Crippen molar-refractivity contribution >= 4 is 18.3 Å². The van der Waals surface area contributed by atoms with Crippen LogP contribution in [0.5, 0.6) is 0 Å². The molecule has 1 aliphatic rings. The Labute approximate surface area is 86.3 Å². The minimum Gasteiger partial charge on any atom is -0.340 e. The maximum Gasteiger partial charge on any atom is 0.242 e. The van der Waals surface area contributed by atoms with Crippen LogP contribution in [0.15, 0.2) is 0 Å². The molecule has 1 N–H and O–H groups in total. The van der Waals surface area contributed by atoms with Crippen LogP contribution in [0, 0.1) is 0 Å². The summed E-state index contributed by atoms with van der Waals surface area (Å²) in [6.45, 7) is 8.65. The van der Waals surface area contributed by atoms with Gasteiger partial charge in [-0.15, -0.1) is 12.4 Å². The van der Waals surface area contributed by atoms with Crippen LogP contribution in [0.2, 0.25) is 0 Å². The SMILES string of the molecule is CCCN1CCNC(C)(C)C1=O.Cl. The van der Waals surface area contributed by atoms with Crippen molar-refractivity contribution in [2.75, 3.05) is 19.6 Å². The summed E-state index contributed by atoms with van der Waals surface area (Å²) < 4.78 is 0. The normalized spacial score (nSPS) is 21.2. The minimum absolute atomic E-state index is 0. The summed E-state index contributed by atoms with van der Waals surface area (Å²) in [6.07, 6.45) is 1.04. The number of amides is 1. The average Bonchev–Trinajstić information content (AvgIpc) is 1.99. The first-order valence-electron chi connectivity index (χ1n) is 4.62. The Kier molecular flexibility index (Phi) is 4.71. The third kappa shape index (κ3) is 2.85. The molecule has 0 saturated carbocycles. The minimum atomic E-state index is -0.354. The Hall–Kier alpha value is -0.280. The van der Waals surface area contributed by atoms with Gasteiger partial charge in [-0.2, -0.15) is 0 Å². The highest BCUT2D eigenvalue weighted by Gasteiger charge is 2.34. The number of halogens is 1. The van der Waals surface area contributed by atoms with Gasteiger partial charge in [0.25, 0.3) is 0 Å². The molecule has 0 aromatic heterocycles. The lowest BCUT2D eigenvalue weighted by molar-refractivity contribution is -0.139. The van der Waals surface area contributed by atoms with Crippen molar-refractivity contribution in [3.8, 4) is 0 Å². The molecule has 1 rings (SSSR count). The summed E-state index contributed by atoms with van der Waals surface area (Å²) in [5.41, 5.74) is -0.354. The maximum absolute atomic E-state index is 11.7. The lowest BCUT2D eigenvalue weighted by Gasteiger charge is -2.38. The largest absolute Gasteiger partial charge is 0.340 e. The van der Waals surface area contributed by atoms with Crippen molar-refractivity contribution in [3.63, 3.8) is 0 Å². The van der Waals surface area contributed by atoms with Crippen molar-refractivity contribution in [2.45, 2.75) is 32.7 Å². The molecule has 1 saturated heterocycles. The van der Waals surface area contributed by atoms with E-state index in [0.29, 0.717) is 0 Å².